The molecule has 4 rings (SSSR count). The number of hydrogen-bond donors (Lipinski definition) is 1. The number of nitrogens with zero attached hydrogens (tertiary/aromatic N) is 4. The second-order valence-corrected chi connectivity index (χ2v) is 6.47. The van der Waals surface area contributed by atoms with Crippen LogP contribution in [0, 0.1) is 5.82 Å². The van der Waals surface area contributed by atoms with Crippen molar-refractivity contribution in [1.29, 1.82) is 0 Å². The first-order valence-electron chi connectivity index (χ1n) is 7.91. The van der Waals surface area contributed by atoms with Crippen molar-refractivity contribution in [3.8, 4) is 11.1 Å². The summed E-state index contributed by atoms with van der Waals surface area (Å²) in [5.74, 6) is 0.346. The van der Waals surface area contributed by atoms with Gasteiger partial charge in [0, 0.05) is 28.9 Å². The topological polar surface area (TPSA) is 63.1 Å². The van der Waals surface area contributed by atoms with E-state index >= 15 is 0 Å². The normalized spacial score (nSPS) is 11.7. The highest BCUT2D eigenvalue weighted by molar-refractivity contribution is 7.17. The minimum atomic E-state index is -0.264. The average molecular weight is 363 g/mol. The molecule has 128 valence electrons. The van der Waals surface area contributed by atoms with Gasteiger partial charge in [-0.15, -0.1) is 11.3 Å². The second-order valence-electron chi connectivity index (χ2n) is 5.61. The standard InChI is InChI=1S/C19H14FN5S/c1-12(14-3-2-8-21-9-14)24-25-18-17-16(10-26-19(17)23-11-22-18)13-4-6-15(20)7-5-13/h2-11H,1H3,(H,22,23,25)/b24-12-. The first kappa shape index (κ1) is 16.3. The Labute approximate surface area is 153 Å². The Kier molecular flexibility index (Phi) is 4.37. The molecular formula is C19H14FN5S. The van der Waals surface area contributed by atoms with Crippen LogP contribution < -0.4 is 5.43 Å². The highest BCUT2D eigenvalue weighted by Gasteiger charge is 2.13. The van der Waals surface area contributed by atoms with Crippen LogP contribution in [-0.2, 0) is 0 Å². The van der Waals surface area contributed by atoms with Gasteiger partial charge >= 0.3 is 0 Å². The molecule has 1 aromatic carbocycles. The van der Waals surface area contributed by atoms with E-state index in [0.29, 0.717) is 5.82 Å². The summed E-state index contributed by atoms with van der Waals surface area (Å²) in [5, 5.41) is 7.29. The van der Waals surface area contributed by atoms with Gasteiger partial charge in [-0.1, -0.05) is 18.2 Å². The summed E-state index contributed by atoms with van der Waals surface area (Å²) in [4.78, 5) is 13.6. The second kappa shape index (κ2) is 6.97. The van der Waals surface area contributed by atoms with Gasteiger partial charge in [-0.2, -0.15) is 5.10 Å². The third-order valence-electron chi connectivity index (χ3n) is 3.93. The largest absolute Gasteiger partial charge is 0.264 e. The molecule has 26 heavy (non-hydrogen) atoms. The first-order chi connectivity index (χ1) is 12.7. The van der Waals surface area contributed by atoms with Gasteiger partial charge in [0.2, 0.25) is 0 Å². The molecule has 0 unspecified atom stereocenters. The summed E-state index contributed by atoms with van der Waals surface area (Å²) < 4.78 is 13.2. The predicted octanol–water partition coefficient (Wildman–Crippen LogP) is 4.73. The summed E-state index contributed by atoms with van der Waals surface area (Å²) in [5.41, 5.74) is 6.61. The Bertz CT molecular complexity index is 1070. The van der Waals surface area contributed by atoms with Crippen LogP contribution in [-0.4, -0.2) is 20.7 Å². The van der Waals surface area contributed by atoms with Crippen molar-refractivity contribution in [2.24, 2.45) is 5.10 Å². The number of hydrazone groups is 1. The number of aromatic nitrogens is 3. The fourth-order valence-corrected chi connectivity index (χ4v) is 3.50. The van der Waals surface area contributed by atoms with Gasteiger partial charge in [0.1, 0.15) is 17.0 Å². The molecule has 0 aliphatic rings. The van der Waals surface area contributed by atoms with Crippen molar-refractivity contribution in [3.05, 3.63) is 71.9 Å². The van der Waals surface area contributed by atoms with Gasteiger partial charge in [-0.25, -0.2) is 14.4 Å². The lowest BCUT2D eigenvalue weighted by Gasteiger charge is -2.06. The maximum Gasteiger partial charge on any atom is 0.159 e. The Hall–Kier alpha value is -3.19. The summed E-state index contributed by atoms with van der Waals surface area (Å²) in [6.07, 6.45) is 4.98. The van der Waals surface area contributed by atoms with Gasteiger partial charge in [0.05, 0.1) is 11.1 Å². The van der Waals surface area contributed by atoms with E-state index in [1.165, 1.54) is 29.8 Å². The number of benzene rings is 1. The molecule has 0 radical (unpaired) electrons. The zero-order chi connectivity index (χ0) is 17.9. The van der Waals surface area contributed by atoms with E-state index in [-0.39, 0.29) is 5.82 Å². The number of hydrogen-bond acceptors (Lipinski definition) is 6. The summed E-state index contributed by atoms with van der Waals surface area (Å²) in [7, 11) is 0. The Balaban J connectivity index is 1.74. The third kappa shape index (κ3) is 3.16. The smallest absolute Gasteiger partial charge is 0.159 e. The van der Waals surface area contributed by atoms with E-state index in [2.05, 4.69) is 25.5 Å². The minimum absolute atomic E-state index is 0.264. The minimum Gasteiger partial charge on any atom is -0.264 e. The molecular weight excluding hydrogens is 349 g/mol. The van der Waals surface area contributed by atoms with Crippen LogP contribution in [0.15, 0.2) is 65.6 Å². The molecule has 7 heteroatoms. The molecule has 0 aliphatic heterocycles. The molecule has 0 atom stereocenters. The van der Waals surface area contributed by atoms with Gasteiger partial charge in [0.25, 0.3) is 0 Å². The molecule has 0 saturated carbocycles. The van der Waals surface area contributed by atoms with Gasteiger partial charge in [-0.3, -0.25) is 10.4 Å². The van der Waals surface area contributed by atoms with E-state index in [0.717, 1.165) is 32.6 Å². The summed E-state index contributed by atoms with van der Waals surface area (Å²) in [6.45, 7) is 1.90. The van der Waals surface area contributed by atoms with Crippen molar-refractivity contribution >= 4 is 33.1 Å². The van der Waals surface area contributed by atoms with Crippen LogP contribution in [0.5, 0.6) is 0 Å². The quantitative estimate of drug-likeness (QED) is 0.421. The highest BCUT2D eigenvalue weighted by atomic mass is 32.1. The number of rotatable bonds is 4. The molecule has 3 heterocycles. The van der Waals surface area contributed by atoms with Gasteiger partial charge in [-0.05, 0) is 30.7 Å². The van der Waals surface area contributed by atoms with Crippen molar-refractivity contribution < 1.29 is 4.39 Å². The lowest BCUT2D eigenvalue weighted by Crippen LogP contribution is -2.01. The van der Waals surface area contributed by atoms with E-state index in [1.807, 2.05) is 24.4 Å². The maximum absolute atomic E-state index is 13.2. The Morgan fingerprint density at radius 3 is 2.77 bits per heavy atom. The number of pyridine rings is 1. The average Bonchev–Trinajstić information content (AvgIpc) is 3.12. The number of thiophene rings is 1. The number of nitrogens with one attached hydrogen (secondary N) is 1. The fraction of sp³-hybridized carbons (Fsp3) is 0.0526. The van der Waals surface area contributed by atoms with Crippen LogP contribution >= 0.6 is 11.3 Å². The SMILES string of the molecule is C/C(=N/Nc1ncnc2scc(-c3ccc(F)cc3)c12)c1cccnc1. The fourth-order valence-electron chi connectivity index (χ4n) is 2.58. The zero-order valence-corrected chi connectivity index (χ0v) is 14.7. The van der Waals surface area contributed by atoms with Crippen LogP contribution in [0.3, 0.4) is 0 Å². The van der Waals surface area contributed by atoms with Crippen LogP contribution in [0.2, 0.25) is 0 Å². The lowest BCUT2D eigenvalue weighted by atomic mass is 10.1. The highest BCUT2D eigenvalue weighted by Crippen LogP contribution is 2.36. The van der Waals surface area contributed by atoms with Crippen LogP contribution in [0.4, 0.5) is 10.2 Å². The van der Waals surface area contributed by atoms with E-state index in [9.17, 15) is 4.39 Å². The maximum atomic E-state index is 13.2. The molecule has 0 spiro atoms. The van der Waals surface area contributed by atoms with Gasteiger partial charge in [0.15, 0.2) is 5.82 Å². The van der Waals surface area contributed by atoms with E-state index in [1.54, 1.807) is 24.5 Å². The van der Waals surface area contributed by atoms with E-state index < -0.39 is 0 Å². The molecule has 0 saturated heterocycles. The van der Waals surface area contributed by atoms with Crippen LogP contribution in [0.25, 0.3) is 21.3 Å². The van der Waals surface area contributed by atoms with Gasteiger partial charge < -0.3 is 0 Å². The molecule has 4 aromatic rings. The molecule has 0 fully saturated rings. The molecule has 5 nitrogen and oxygen atoms in total. The van der Waals surface area contributed by atoms with Crippen molar-refractivity contribution in [2.45, 2.75) is 6.92 Å². The number of halogens is 1. The third-order valence-corrected chi connectivity index (χ3v) is 4.82. The number of anilines is 1. The van der Waals surface area contributed by atoms with Crippen molar-refractivity contribution in [1.82, 2.24) is 15.0 Å². The molecule has 0 aliphatic carbocycles. The Morgan fingerprint density at radius 1 is 1.15 bits per heavy atom. The van der Waals surface area contributed by atoms with Crippen LogP contribution in [0.1, 0.15) is 12.5 Å². The molecule has 0 amide bonds. The molecule has 0 bridgehead atoms. The zero-order valence-electron chi connectivity index (χ0n) is 13.8. The number of fused-ring (bicyclic) bond motifs is 1. The first-order valence-corrected chi connectivity index (χ1v) is 8.79. The predicted molar refractivity (Wildman–Crippen MR) is 103 cm³/mol. The molecule has 1 N–H and O–H groups in total. The molecule has 3 aromatic heterocycles. The lowest BCUT2D eigenvalue weighted by molar-refractivity contribution is 0.628. The summed E-state index contributed by atoms with van der Waals surface area (Å²) >= 11 is 1.51. The Morgan fingerprint density at radius 2 is 2.00 bits per heavy atom. The van der Waals surface area contributed by atoms with Crippen molar-refractivity contribution in [2.75, 3.05) is 5.43 Å². The van der Waals surface area contributed by atoms with Crippen molar-refractivity contribution in [3.63, 3.8) is 0 Å². The monoisotopic (exact) mass is 363 g/mol. The van der Waals surface area contributed by atoms with E-state index in [4.69, 9.17) is 0 Å². The summed E-state index contributed by atoms with van der Waals surface area (Å²) in [6, 6.07) is 10.2.